The molecule has 0 aliphatic heterocycles. The summed E-state index contributed by atoms with van der Waals surface area (Å²) in [6.07, 6.45) is -2.97. The Balaban J connectivity index is 3.15. The molecule has 0 saturated heterocycles. The van der Waals surface area contributed by atoms with Crippen LogP contribution in [0.15, 0.2) is 6.20 Å². The summed E-state index contributed by atoms with van der Waals surface area (Å²) in [5.41, 5.74) is -1.21. The van der Waals surface area contributed by atoms with Crippen LogP contribution < -0.4 is 0 Å². The number of nitrogens with zero attached hydrogens (tertiary/aromatic N) is 1. The molecule has 1 rings (SSSR count). The van der Waals surface area contributed by atoms with E-state index >= 15 is 0 Å². The van der Waals surface area contributed by atoms with Gasteiger partial charge in [0.15, 0.2) is 5.82 Å². The number of carbonyl (C=O) groups is 1. The molecule has 0 aliphatic carbocycles. The number of carboxylic acid groups (broad SMARTS) is 1. The van der Waals surface area contributed by atoms with Crippen molar-refractivity contribution in [1.29, 1.82) is 0 Å². The van der Waals surface area contributed by atoms with Gasteiger partial charge in [0.2, 0.25) is 0 Å². The van der Waals surface area contributed by atoms with Gasteiger partial charge in [-0.3, -0.25) is 9.78 Å². The van der Waals surface area contributed by atoms with Crippen molar-refractivity contribution in [2.24, 2.45) is 0 Å². The number of carboxylic acids is 1. The molecule has 1 heterocycles. The number of halogens is 4. The first-order valence-corrected chi connectivity index (χ1v) is 4.14. The molecule has 0 fully saturated rings. The largest absolute Gasteiger partial charge is 0.481 e. The van der Waals surface area contributed by atoms with Gasteiger partial charge in [0.1, 0.15) is 0 Å². The van der Waals surface area contributed by atoms with Crippen LogP contribution in [0, 0.1) is 5.82 Å². The van der Waals surface area contributed by atoms with Gasteiger partial charge in [-0.05, 0) is 0 Å². The molecule has 1 aromatic heterocycles. The average Bonchev–Trinajstić information content (AvgIpc) is 2.12. The van der Waals surface area contributed by atoms with Crippen molar-refractivity contribution < 1.29 is 23.1 Å². The second-order valence-corrected chi connectivity index (χ2v) is 3.04. The first kappa shape index (κ1) is 11.8. The summed E-state index contributed by atoms with van der Waals surface area (Å²) in [7, 11) is 0. The van der Waals surface area contributed by atoms with E-state index in [0.717, 1.165) is 0 Å². The lowest BCUT2D eigenvalue weighted by molar-refractivity contribution is -0.136. The highest BCUT2D eigenvalue weighted by Gasteiger charge is 2.20. The fourth-order valence-corrected chi connectivity index (χ4v) is 1.17. The Morgan fingerprint density at radius 1 is 1.60 bits per heavy atom. The van der Waals surface area contributed by atoms with Gasteiger partial charge >= 0.3 is 5.97 Å². The Hall–Kier alpha value is -1.30. The van der Waals surface area contributed by atoms with Crippen LogP contribution in [-0.2, 0) is 11.2 Å². The van der Waals surface area contributed by atoms with Crippen molar-refractivity contribution in [3.8, 4) is 0 Å². The minimum atomic E-state index is -2.95. The lowest BCUT2D eigenvalue weighted by Gasteiger charge is -2.06. The number of hydrogen-bond acceptors (Lipinski definition) is 2. The van der Waals surface area contributed by atoms with Crippen molar-refractivity contribution >= 4 is 17.6 Å². The molecule has 0 spiro atoms. The van der Waals surface area contributed by atoms with E-state index in [1.807, 2.05) is 0 Å². The van der Waals surface area contributed by atoms with Gasteiger partial charge in [-0.2, -0.15) is 0 Å². The molecule has 0 amide bonds. The summed E-state index contributed by atoms with van der Waals surface area (Å²) in [5, 5.41) is 7.58. The van der Waals surface area contributed by atoms with Crippen LogP contribution in [0.3, 0.4) is 0 Å². The molecule has 82 valence electrons. The molecule has 0 unspecified atom stereocenters. The molecule has 0 aliphatic rings. The fourth-order valence-electron chi connectivity index (χ4n) is 0.933. The summed E-state index contributed by atoms with van der Waals surface area (Å²) >= 11 is 5.29. The topological polar surface area (TPSA) is 50.2 Å². The SMILES string of the molecule is O=C(O)Cc1ncc(C(F)F)c(Cl)c1F. The maximum absolute atomic E-state index is 13.2. The number of alkyl halides is 2. The summed E-state index contributed by atoms with van der Waals surface area (Å²) < 4.78 is 37.6. The molecule has 0 atom stereocenters. The third-order valence-electron chi connectivity index (χ3n) is 1.61. The van der Waals surface area contributed by atoms with Crippen LogP contribution in [0.4, 0.5) is 13.2 Å². The Morgan fingerprint density at radius 3 is 2.67 bits per heavy atom. The smallest absolute Gasteiger partial charge is 0.309 e. The first-order chi connectivity index (χ1) is 6.93. The predicted octanol–water partition coefficient (Wildman–Crippen LogP) is 2.44. The maximum Gasteiger partial charge on any atom is 0.309 e. The van der Waals surface area contributed by atoms with Gasteiger partial charge in [0.25, 0.3) is 6.43 Å². The number of aromatic nitrogens is 1. The monoisotopic (exact) mass is 239 g/mol. The van der Waals surface area contributed by atoms with E-state index < -0.39 is 40.9 Å². The summed E-state index contributed by atoms with van der Waals surface area (Å²) in [4.78, 5) is 13.5. The van der Waals surface area contributed by atoms with Crippen LogP contribution in [0.25, 0.3) is 0 Å². The molecule has 0 saturated carbocycles. The third kappa shape index (κ3) is 2.59. The minimum Gasteiger partial charge on any atom is -0.481 e. The van der Waals surface area contributed by atoms with Gasteiger partial charge in [-0.1, -0.05) is 11.6 Å². The maximum atomic E-state index is 13.2. The van der Waals surface area contributed by atoms with Crippen molar-refractivity contribution in [2.75, 3.05) is 0 Å². The van der Waals surface area contributed by atoms with E-state index in [0.29, 0.717) is 6.20 Å². The van der Waals surface area contributed by atoms with Gasteiger partial charge in [-0.15, -0.1) is 0 Å². The standard InChI is InChI=1S/C8H5ClF3NO2/c9-6-3(8(11)12)2-13-4(7(6)10)1-5(14)15/h2,8H,1H2,(H,14,15). The van der Waals surface area contributed by atoms with E-state index in [-0.39, 0.29) is 0 Å². The summed E-state index contributed by atoms with van der Waals surface area (Å²) in [6.45, 7) is 0. The van der Waals surface area contributed by atoms with E-state index in [4.69, 9.17) is 16.7 Å². The molecule has 0 aromatic carbocycles. The number of rotatable bonds is 3. The third-order valence-corrected chi connectivity index (χ3v) is 2.00. The van der Waals surface area contributed by atoms with E-state index in [1.165, 1.54) is 0 Å². The molecule has 1 aromatic rings. The normalized spacial score (nSPS) is 10.7. The van der Waals surface area contributed by atoms with Gasteiger partial charge in [-0.25, -0.2) is 13.2 Å². The molecule has 1 N–H and O–H groups in total. The Morgan fingerprint density at radius 2 is 2.20 bits per heavy atom. The summed E-state index contributed by atoms with van der Waals surface area (Å²) in [6, 6.07) is 0. The fraction of sp³-hybridized carbons (Fsp3) is 0.250. The zero-order chi connectivity index (χ0) is 11.6. The van der Waals surface area contributed by atoms with Crippen molar-refractivity contribution in [1.82, 2.24) is 4.98 Å². The van der Waals surface area contributed by atoms with Crippen LogP contribution in [0.2, 0.25) is 5.02 Å². The lowest BCUT2D eigenvalue weighted by Crippen LogP contribution is -2.06. The predicted molar refractivity (Wildman–Crippen MR) is 45.5 cm³/mol. The molecular weight excluding hydrogens is 235 g/mol. The second kappa shape index (κ2) is 4.48. The van der Waals surface area contributed by atoms with Gasteiger partial charge in [0, 0.05) is 6.20 Å². The first-order valence-electron chi connectivity index (χ1n) is 3.76. The van der Waals surface area contributed by atoms with E-state index in [1.54, 1.807) is 0 Å². The zero-order valence-corrected chi connectivity index (χ0v) is 7.93. The van der Waals surface area contributed by atoms with Crippen molar-refractivity contribution in [3.05, 3.63) is 28.3 Å². The average molecular weight is 240 g/mol. The van der Waals surface area contributed by atoms with Gasteiger partial charge < -0.3 is 5.11 Å². The second-order valence-electron chi connectivity index (χ2n) is 2.66. The number of aliphatic carboxylic acids is 1. The summed E-state index contributed by atoms with van der Waals surface area (Å²) in [5.74, 6) is -2.53. The van der Waals surface area contributed by atoms with Crippen molar-refractivity contribution in [3.63, 3.8) is 0 Å². The van der Waals surface area contributed by atoms with Crippen LogP contribution in [-0.4, -0.2) is 16.1 Å². The van der Waals surface area contributed by atoms with Crippen molar-refractivity contribution in [2.45, 2.75) is 12.8 Å². The Kier molecular flexibility index (Phi) is 3.52. The molecule has 15 heavy (non-hydrogen) atoms. The zero-order valence-electron chi connectivity index (χ0n) is 7.18. The molecule has 3 nitrogen and oxygen atoms in total. The quantitative estimate of drug-likeness (QED) is 0.881. The van der Waals surface area contributed by atoms with Crippen LogP contribution in [0.1, 0.15) is 17.7 Å². The highest BCUT2D eigenvalue weighted by atomic mass is 35.5. The van der Waals surface area contributed by atoms with E-state index in [2.05, 4.69) is 4.98 Å². The number of hydrogen-bond donors (Lipinski definition) is 1. The van der Waals surface area contributed by atoms with Gasteiger partial charge in [0.05, 0.1) is 22.7 Å². The molecular formula is C8H5ClF3NO2. The van der Waals surface area contributed by atoms with Crippen LogP contribution in [0.5, 0.6) is 0 Å². The Bertz CT molecular complexity index is 398. The highest BCUT2D eigenvalue weighted by molar-refractivity contribution is 6.31. The molecule has 0 radical (unpaired) electrons. The number of pyridine rings is 1. The minimum absolute atomic E-state index is 0.461. The lowest BCUT2D eigenvalue weighted by atomic mass is 10.2. The van der Waals surface area contributed by atoms with E-state index in [9.17, 15) is 18.0 Å². The van der Waals surface area contributed by atoms with Crippen LogP contribution >= 0.6 is 11.6 Å². The molecule has 7 heteroatoms. The molecule has 0 bridgehead atoms. The Labute approximate surface area is 87.5 Å². The highest BCUT2D eigenvalue weighted by Crippen LogP contribution is 2.29.